The average Bonchev–Trinajstić information content (AvgIpc) is 2.87. The summed E-state index contributed by atoms with van der Waals surface area (Å²) in [6, 6.07) is 6.11. The first-order chi connectivity index (χ1) is 7.69. The SMILES string of the molecule is CCc1ccc(C(C)Nc2ccn(C)n2)o1. The summed E-state index contributed by atoms with van der Waals surface area (Å²) in [5.41, 5.74) is 0. The second-order valence-corrected chi connectivity index (χ2v) is 3.90. The first-order valence-corrected chi connectivity index (χ1v) is 5.54. The quantitative estimate of drug-likeness (QED) is 0.859. The molecule has 0 bridgehead atoms. The molecular weight excluding hydrogens is 202 g/mol. The van der Waals surface area contributed by atoms with Gasteiger partial charge in [-0.3, -0.25) is 4.68 Å². The second kappa shape index (κ2) is 4.43. The smallest absolute Gasteiger partial charge is 0.148 e. The van der Waals surface area contributed by atoms with E-state index in [9.17, 15) is 0 Å². The second-order valence-electron chi connectivity index (χ2n) is 3.90. The number of rotatable bonds is 4. The Labute approximate surface area is 95.3 Å². The molecular formula is C12H17N3O. The van der Waals surface area contributed by atoms with Crippen LogP contribution in [0.1, 0.15) is 31.4 Å². The Morgan fingerprint density at radius 3 is 2.81 bits per heavy atom. The van der Waals surface area contributed by atoms with Crippen molar-refractivity contribution in [2.75, 3.05) is 5.32 Å². The maximum Gasteiger partial charge on any atom is 0.148 e. The van der Waals surface area contributed by atoms with Gasteiger partial charge in [0.05, 0.1) is 6.04 Å². The fourth-order valence-electron chi connectivity index (χ4n) is 1.60. The lowest BCUT2D eigenvalue weighted by atomic mass is 10.2. The van der Waals surface area contributed by atoms with Crippen molar-refractivity contribution in [2.24, 2.45) is 7.05 Å². The lowest BCUT2D eigenvalue weighted by molar-refractivity contribution is 0.454. The van der Waals surface area contributed by atoms with Crippen LogP contribution in [0.3, 0.4) is 0 Å². The number of anilines is 1. The number of hydrogen-bond donors (Lipinski definition) is 1. The highest BCUT2D eigenvalue weighted by Gasteiger charge is 2.10. The molecule has 2 aromatic rings. The Bertz CT molecular complexity index is 458. The molecule has 4 heteroatoms. The zero-order chi connectivity index (χ0) is 11.5. The number of hydrogen-bond acceptors (Lipinski definition) is 3. The topological polar surface area (TPSA) is 43.0 Å². The number of nitrogens with zero attached hydrogens (tertiary/aromatic N) is 2. The molecule has 0 amide bonds. The molecule has 16 heavy (non-hydrogen) atoms. The van der Waals surface area contributed by atoms with Crippen LogP contribution in [-0.2, 0) is 13.5 Å². The maximum atomic E-state index is 5.68. The standard InChI is InChI=1S/C12H17N3O/c1-4-10-5-6-11(16-10)9(2)13-12-7-8-15(3)14-12/h5-9H,4H2,1-3H3,(H,13,14). The highest BCUT2D eigenvalue weighted by molar-refractivity contribution is 5.35. The summed E-state index contributed by atoms with van der Waals surface area (Å²) >= 11 is 0. The number of furan rings is 1. The zero-order valence-electron chi connectivity index (χ0n) is 9.90. The minimum absolute atomic E-state index is 0.134. The Balaban J connectivity index is 2.05. The number of aryl methyl sites for hydroxylation is 2. The third-order valence-electron chi connectivity index (χ3n) is 2.54. The minimum Gasteiger partial charge on any atom is -0.464 e. The van der Waals surface area contributed by atoms with E-state index in [0.29, 0.717) is 0 Å². The maximum absolute atomic E-state index is 5.68. The number of nitrogens with one attached hydrogen (secondary N) is 1. The van der Waals surface area contributed by atoms with E-state index in [-0.39, 0.29) is 6.04 Å². The van der Waals surface area contributed by atoms with Crippen LogP contribution in [0.5, 0.6) is 0 Å². The van der Waals surface area contributed by atoms with E-state index in [1.807, 2.05) is 31.4 Å². The molecule has 1 atom stereocenters. The summed E-state index contributed by atoms with van der Waals surface area (Å²) in [4.78, 5) is 0. The third-order valence-corrected chi connectivity index (χ3v) is 2.54. The van der Waals surface area contributed by atoms with Crippen molar-refractivity contribution < 1.29 is 4.42 Å². The van der Waals surface area contributed by atoms with Crippen LogP contribution in [0.2, 0.25) is 0 Å². The lowest BCUT2D eigenvalue weighted by Crippen LogP contribution is -2.06. The Morgan fingerprint density at radius 1 is 1.44 bits per heavy atom. The molecule has 86 valence electrons. The lowest BCUT2D eigenvalue weighted by Gasteiger charge is -2.09. The van der Waals surface area contributed by atoms with Crippen LogP contribution in [0.25, 0.3) is 0 Å². The predicted octanol–water partition coefficient (Wildman–Crippen LogP) is 2.75. The molecule has 0 radical (unpaired) electrons. The van der Waals surface area contributed by atoms with Crippen LogP contribution < -0.4 is 5.32 Å². The molecule has 2 aromatic heterocycles. The molecule has 1 N–H and O–H groups in total. The third kappa shape index (κ3) is 2.27. The fourth-order valence-corrected chi connectivity index (χ4v) is 1.60. The molecule has 0 aliphatic carbocycles. The predicted molar refractivity (Wildman–Crippen MR) is 63.3 cm³/mol. The molecule has 2 rings (SSSR count). The molecule has 1 unspecified atom stereocenters. The van der Waals surface area contributed by atoms with Gasteiger partial charge in [-0.25, -0.2) is 0 Å². The van der Waals surface area contributed by atoms with Gasteiger partial charge < -0.3 is 9.73 Å². The summed E-state index contributed by atoms with van der Waals surface area (Å²) in [6.45, 7) is 4.15. The summed E-state index contributed by atoms with van der Waals surface area (Å²) < 4.78 is 7.45. The minimum atomic E-state index is 0.134. The first kappa shape index (κ1) is 10.8. The van der Waals surface area contributed by atoms with Crippen molar-refractivity contribution in [3.63, 3.8) is 0 Å². The van der Waals surface area contributed by atoms with Crippen LogP contribution in [0, 0.1) is 0 Å². The van der Waals surface area contributed by atoms with Gasteiger partial charge in [-0.15, -0.1) is 0 Å². The van der Waals surface area contributed by atoms with Crippen molar-refractivity contribution in [1.82, 2.24) is 9.78 Å². The van der Waals surface area contributed by atoms with Crippen molar-refractivity contribution in [3.8, 4) is 0 Å². The normalized spacial score (nSPS) is 12.7. The molecule has 0 aromatic carbocycles. The van der Waals surface area contributed by atoms with Crippen molar-refractivity contribution in [1.29, 1.82) is 0 Å². The van der Waals surface area contributed by atoms with E-state index >= 15 is 0 Å². The van der Waals surface area contributed by atoms with Gasteiger partial charge in [0.2, 0.25) is 0 Å². The van der Waals surface area contributed by atoms with Crippen molar-refractivity contribution >= 4 is 5.82 Å². The Morgan fingerprint density at radius 2 is 2.25 bits per heavy atom. The molecule has 0 aliphatic rings. The highest BCUT2D eigenvalue weighted by atomic mass is 16.3. The molecule has 0 saturated carbocycles. The van der Waals surface area contributed by atoms with E-state index < -0.39 is 0 Å². The van der Waals surface area contributed by atoms with Gasteiger partial charge in [-0.1, -0.05) is 6.92 Å². The van der Waals surface area contributed by atoms with Gasteiger partial charge >= 0.3 is 0 Å². The molecule has 2 heterocycles. The fraction of sp³-hybridized carbons (Fsp3) is 0.417. The van der Waals surface area contributed by atoms with Gasteiger partial charge in [0.25, 0.3) is 0 Å². The Kier molecular flexibility index (Phi) is 2.99. The Hall–Kier alpha value is -1.71. The van der Waals surface area contributed by atoms with Gasteiger partial charge in [0, 0.05) is 25.7 Å². The van der Waals surface area contributed by atoms with E-state index in [4.69, 9.17) is 4.42 Å². The summed E-state index contributed by atoms with van der Waals surface area (Å²) in [5.74, 6) is 2.83. The molecule has 0 fully saturated rings. The molecule has 4 nitrogen and oxygen atoms in total. The first-order valence-electron chi connectivity index (χ1n) is 5.54. The van der Waals surface area contributed by atoms with E-state index in [1.54, 1.807) is 4.68 Å². The highest BCUT2D eigenvalue weighted by Crippen LogP contribution is 2.20. The summed E-state index contributed by atoms with van der Waals surface area (Å²) in [6.07, 6.45) is 2.84. The number of aromatic nitrogens is 2. The van der Waals surface area contributed by atoms with Crippen molar-refractivity contribution in [2.45, 2.75) is 26.3 Å². The van der Waals surface area contributed by atoms with E-state index in [2.05, 4.69) is 24.3 Å². The summed E-state index contributed by atoms with van der Waals surface area (Å²) in [5, 5.41) is 7.56. The summed E-state index contributed by atoms with van der Waals surface area (Å²) in [7, 11) is 1.90. The molecule has 0 spiro atoms. The largest absolute Gasteiger partial charge is 0.464 e. The average molecular weight is 219 g/mol. The van der Waals surface area contributed by atoms with Gasteiger partial charge in [-0.05, 0) is 19.1 Å². The van der Waals surface area contributed by atoms with E-state index in [0.717, 1.165) is 23.8 Å². The van der Waals surface area contributed by atoms with E-state index in [1.165, 1.54) is 0 Å². The molecule has 0 aliphatic heterocycles. The van der Waals surface area contributed by atoms with Crippen LogP contribution in [0.4, 0.5) is 5.82 Å². The van der Waals surface area contributed by atoms with Crippen LogP contribution in [-0.4, -0.2) is 9.78 Å². The van der Waals surface area contributed by atoms with Crippen LogP contribution >= 0.6 is 0 Å². The monoisotopic (exact) mass is 219 g/mol. The zero-order valence-corrected chi connectivity index (χ0v) is 9.90. The van der Waals surface area contributed by atoms with Gasteiger partial charge in [0.15, 0.2) is 0 Å². The van der Waals surface area contributed by atoms with Crippen molar-refractivity contribution in [3.05, 3.63) is 35.9 Å². The van der Waals surface area contributed by atoms with Gasteiger partial charge in [0.1, 0.15) is 17.3 Å². The molecule has 0 saturated heterocycles. The van der Waals surface area contributed by atoms with Gasteiger partial charge in [-0.2, -0.15) is 5.10 Å². The van der Waals surface area contributed by atoms with Crippen LogP contribution in [0.15, 0.2) is 28.8 Å².